The molecule has 4 unspecified atom stereocenters. The first-order valence-electron chi connectivity index (χ1n) is 7.84. The third-order valence-corrected chi connectivity index (χ3v) is 5.09. The maximum absolute atomic E-state index is 10.00. The van der Waals surface area contributed by atoms with Crippen LogP contribution in [0.5, 0.6) is 0 Å². The number of fused-ring (bicyclic) bond motifs is 2. The zero-order chi connectivity index (χ0) is 14.3. The van der Waals surface area contributed by atoms with Crippen LogP contribution in [0.15, 0.2) is 24.3 Å². The maximum Gasteiger partial charge on any atom is 0.0570 e. The minimum Gasteiger partial charge on any atom is -0.393 e. The van der Waals surface area contributed by atoms with Crippen molar-refractivity contribution in [2.24, 2.45) is 5.73 Å². The van der Waals surface area contributed by atoms with E-state index in [0.29, 0.717) is 12.1 Å². The number of hydrogen-bond acceptors (Lipinski definition) is 3. The van der Waals surface area contributed by atoms with Crippen LogP contribution in [0.25, 0.3) is 0 Å². The van der Waals surface area contributed by atoms with Crippen LogP contribution in [-0.4, -0.2) is 34.2 Å². The minimum absolute atomic E-state index is 0.106. The quantitative estimate of drug-likeness (QED) is 0.889. The van der Waals surface area contributed by atoms with E-state index in [-0.39, 0.29) is 18.2 Å². The van der Waals surface area contributed by atoms with Gasteiger partial charge in [0.15, 0.2) is 0 Å². The molecule has 0 aromatic heterocycles. The Balaban J connectivity index is 1.95. The highest BCUT2D eigenvalue weighted by atomic mass is 16.3. The number of aryl methyl sites for hydroxylation is 1. The Morgan fingerprint density at radius 2 is 1.80 bits per heavy atom. The van der Waals surface area contributed by atoms with Crippen LogP contribution in [0.2, 0.25) is 0 Å². The number of piperidine rings is 1. The summed E-state index contributed by atoms with van der Waals surface area (Å²) >= 11 is 0. The van der Waals surface area contributed by atoms with Gasteiger partial charge in [0, 0.05) is 18.1 Å². The highest BCUT2D eigenvalue weighted by Crippen LogP contribution is 2.43. The molecule has 0 radical (unpaired) electrons. The van der Waals surface area contributed by atoms with E-state index in [1.807, 2.05) is 0 Å². The molecule has 0 amide bonds. The molecule has 2 aliphatic rings. The first-order chi connectivity index (χ1) is 9.58. The van der Waals surface area contributed by atoms with Gasteiger partial charge < -0.3 is 10.8 Å². The molecule has 4 atom stereocenters. The summed E-state index contributed by atoms with van der Waals surface area (Å²) < 4.78 is 0. The highest BCUT2D eigenvalue weighted by molar-refractivity contribution is 5.30. The van der Waals surface area contributed by atoms with Gasteiger partial charge in [0.25, 0.3) is 0 Å². The molecule has 0 spiro atoms. The monoisotopic (exact) mass is 274 g/mol. The molecule has 3 heteroatoms. The fourth-order valence-corrected chi connectivity index (χ4v) is 4.27. The molecule has 2 saturated heterocycles. The molecule has 2 bridgehead atoms. The van der Waals surface area contributed by atoms with E-state index in [4.69, 9.17) is 5.73 Å². The van der Waals surface area contributed by atoms with Gasteiger partial charge in [-0.3, -0.25) is 4.90 Å². The van der Waals surface area contributed by atoms with Crippen molar-refractivity contribution >= 4 is 0 Å². The van der Waals surface area contributed by atoms with Crippen LogP contribution < -0.4 is 5.73 Å². The van der Waals surface area contributed by atoms with Gasteiger partial charge in [-0.05, 0) is 50.7 Å². The number of nitrogens with zero attached hydrogens (tertiary/aromatic N) is 1. The second kappa shape index (κ2) is 5.47. The molecule has 3 rings (SSSR count). The lowest BCUT2D eigenvalue weighted by Crippen LogP contribution is -2.51. The van der Waals surface area contributed by atoms with Gasteiger partial charge in [0.05, 0.1) is 12.1 Å². The van der Waals surface area contributed by atoms with Gasteiger partial charge in [-0.15, -0.1) is 0 Å². The van der Waals surface area contributed by atoms with Crippen molar-refractivity contribution in [2.75, 3.05) is 0 Å². The summed E-state index contributed by atoms with van der Waals surface area (Å²) in [5.41, 5.74) is 9.03. The Bertz CT molecular complexity index is 460. The van der Waals surface area contributed by atoms with Crippen LogP contribution in [0.1, 0.15) is 49.8 Å². The van der Waals surface area contributed by atoms with Crippen LogP contribution in [0, 0.1) is 6.92 Å². The Hall–Kier alpha value is -0.900. The summed E-state index contributed by atoms with van der Waals surface area (Å²) in [4.78, 5) is 2.61. The number of aliphatic hydroxyl groups is 1. The van der Waals surface area contributed by atoms with Crippen LogP contribution in [0.3, 0.4) is 0 Å². The summed E-state index contributed by atoms with van der Waals surface area (Å²) in [5.74, 6) is 0. The summed E-state index contributed by atoms with van der Waals surface area (Å²) in [6.45, 7) is 4.28. The summed E-state index contributed by atoms with van der Waals surface area (Å²) in [6, 6.07) is 9.97. The van der Waals surface area contributed by atoms with Crippen LogP contribution in [0.4, 0.5) is 0 Å². The topological polar surface area (TPSA) is 49.5 Å². The van der Waals surface area contributed by atoms with Gasteiger partial charge in [-0.25, -0.2) is 0 Å². The van der Waals surface area contributed by atoms with E-state index in [2.05, 4.69) is 43.0 Å². The first kappa shape index (κ1) is 14.1. The molecule has 1 aromatic rings. The van der Waals surface area contributed by atoms with E-state index in [1.165, 1.54) is 24.0 Å². The Kier molecular flexibility index (Phi) is 3.85. The molecular weight excluding hydrogens is 248 g/mol. The first-order valence-corrected chi connectivity index (χ1v) is 7.84. The third-order valence-electron chi connectivity index (χ3n) is 5.09. The molecule has 110 valence electrons. The molecular formula is C17H26N2O. The molecule has 2 heterocycles. The number of nitrogens with two attached hydrogens (primary N) is 1. The van der Waals surface area contributed by atoms with Gasteiger partial charge >= 0.3 is 0 Å². The maximum atomic E-state index is 10.00. The van der Waals surface area contributed by atoms with Crippen LogP contribution in [-0.2, 0) is 0 Å². The molecule has 1 aromatic carbocycles. The summed E-state index contributed by atoms with van der Waals surface area (Å²) in [5, 5.41) is 10.00. The van der Waals surface area contributed by atoms with Crippen LogP contribution >= 0.6 is 0 Å². The van der Waals surface area contributed by atoms with Gasteiger partial charge in [-0.1, -0.05) is 24.3 Å². The normalized spacial score (nSPS) is 33.1. The lowest BCUT2D eigenvalue weighted by atomic mass is 9.90. The average Bonchev–Trinajstić information content (AvgIpc) is 2.65. The third kappa shape index (κ3) is 2.39. The zero-order valence-electron chi connectivity index (χ0n) is 12.5. The fourth-order valence-electron chi connectivity index (χ4n) is 4.27. The highest BCUT2D eigenvalue weighted by Gasteiger charge is 2.44. The Labute approximate surface area is 121 Å². The van der Waals surface area contributed by atoms with Crippen molar-refractivity contribution < 1.29 is 5.11 Å². The predicted octanol–water partition coefficient (Wildman–Crippen LogP) is 2.37. The van der Waals surface area contributed by atoms with Crippen molar-refractivity contribution in [2.45, 2.75) is 69.8 Å². The van der Waals surface area contributed by atoms with Crippen molar-refractivity contribution in [1.29, 1.82) is 0 Å². The smallest absolute Gasteiger partial charge is 0.0570 e. The van der Waals surface area contributed by atoms with Gasteiger partial charge in [-0.2, -0.15) is 0 Å². The second-order valence-corrected chi connectivity index (χ2v) is 6.62. The Morgan fingerprint density at radius 1 is 1.20 bits per heavy atom. The largest absolute Gasteiger partial charge is 0.393 e. The van der Waals surface area contributed by atoms with E-state index < -0.39 is 0 Å². The summed E-state index contributed by atoms with van der Waals surface area (Å²) in [6.07, 6.45) is 4.11. The molecule has 2 aliphatic heterocycles. The Morgan fingerprint density at radius 3 is 2.35 bits per heavy atom. The number of hydrogen-bond donors (Lipinski definition) is 2. The van der Waals surface area contributed by atoms with Crippen molar-refractivity contribution in [3.63, 3.8) is 0 Å². The van der Waals surface area contributed by atoms with E-state index in [1.54, 1.807) is 0 Å². The van der Waals surface area contributed by atoms with Crippen molar-refractivity contribution in [3.05, 3.63) is 35.4 Å². The SMILES string of the molecule is Cc1ccccc1C(C(C)N)N1C2CCC1CC(O)C2. The van der Waals surface area contributed by atoms with Gasteiger partial charge in [0.2, 0.25) is 0 Å². The predicted molar refractivity (Wildman–Crippen MR) is 81.5 cm³/mol. The fraction of sp³-hybridized carbons (Fsp3) is 0.647. The van der Waals surface area contributed by atoms with Gasteiger partial charge in [0.1, 0.15) is 0 Å². The second-order valence-electron chi connectivity index (χ2n) is 6.62. The molecule has 0 aliphatic carbocycles. The molecule has 20 heavy (non-hydrogen) atoms. The van der Waals surface area contributed by atoms with E-state index in [9.17, 15) is 5.11 Å². The summed E-state index contributed by atoms with van der Waals surface area (Å²) in [7, 11) is 0. The standard InChI is InChI=1S/C17H26N2O/c1-11-5-3-4-6-16(11)17(12(2)18)19-13-7-8-14(19)10-15(20)9-13/h3-6,12-15,17,20H,7-10,18H2,1-2H3. The number of aliphatic hydroxyl groups excluding tert-OH is 1. The lowest BCUT2D eigenvalue weighted by molar-refractivity contribution is 0.00397. The van der Waals surface area contributed by atoms with Crippen molar-refractivity contribution in [1.82, 2.24) is 4.90 Å². The molecule has 3 N–H and O–H groups in total. The zero-order valence-corrected chi connectivity index (χ0v) is 12.5. The van der Waals surface area contributed by atoms with E-state index >= 15 is 0 Å². The van der Waals surface area contributed by atoms with Crippen molar-refractivity contribution in [3.8, 4) is 0 Å². The number of benzene rings is 1. The number of rotatable bonds is 3. The molecule has 3 nitrogen and oxygen atoms in total. The average molecular weight is 274 g/mol. The van der Waals surface area contributed by atoms with E-state index in [0.717, 1.165) is 12.8 Å². The molecule has 0 saturated carbocycles. The minimum atomic E-state index is -0.116. The molecule has 2 fully saturated rings. The lowest BCUT2D eigenvalue weighted by Gasteiger charge is -2.44.